The zero-order valence-corrected chi connectivity index (χ0v) is 12.1. The summed E-state index contributed by atoms with van der Waals surface area (Å²) in [7, 11) is -3.35. The maximum Gasteiger partial charge on any atom is 0.332 e. The number of imide groups is 1. The Labute approximate surface area is 121 Å². The molecule has 1 aromatic carbocycles. The highest BCUT2D eigenvalue weighted by Crippen LogP contribution is 2.30. The number of fused-ring (bicyclic) bond motifs is 1. The molecule has 0 N–H and O–H groups in total. The largest absolute Gasteiger partial charge is 0.332 e. The van der Waals surface area contributed by atoms with Crippen LogP contribution in [0.2, 0.25) is 0 Å². The minimum absolute atomic E-state index is 0.0402. The summed E-state index contributed by atoms with van der Waals surface area (Å²) in [5.41, 5.74) is 0.571. The lowest BCUT2D eigenvalue weighted by molar-refractivity contribution is -0.119. The number of nitrogens with zero attached hydrogens (tertiary/aromatic N) is 2. The van der Waals surface area contributed by atoms with Gasteiger partial charge in [0, 0.05) is 6.54 Å². The molecular formula is C13H13FN2O4S. The predicted octanol–water partition coefficient (Wildman–Crippen LogP) is 0.700. The van der Waals surface area contributed by atoms with Crippen molar-refractivity contribution >= 4 is 27.5 Å². The van der Waals surface area contributed by atoms with Gasteiger partial charge in [0.1, 0.15) is 11.9 Å². The van der Waals surface area contributed by atoms with Crippen LogP contribution in [0.15, 0.2) is 18.2 Å². The summed E-state index contributed by atoms with van der Waals surface area (Å²) >= 11 is 0. The molecular weight excluding hydrogens is 299 g/mol. The number of rotatable bonds is 1. The Bertz CT molecular complexity index is 747. The number of carbonyl (C=O) groups excluding carboxylic acids is 2. The van der Waals surface area contributed by atoms with Gasteiger partial charge in [-0.25, -0.2) is 22.5 Å². The van der Waals surface area contributed by atoms with Crippen molar-refractivity contribution < 1.29 is 22.4 Å². The summed E-state index contributed by atoms with van der Waals surface area (Å²) in [5.74, 6) is -1.95. The summed E-state index contributed by atoms with van der Waals surface area (Å²) < 4.78 is 37.2. The second kappa shape index (κ2) is 4.52. The van der Waals surface area contributed by atoms with Crippen LogP contribution in [0.4, 0.5) is 14.9 Å². The van der Waals surface area contributed by atoms with Crippen molar-refractivity contribution in [3.8, 4) is 0 Å². The number of aryl methyl sites for hydroxylation is 1. The standard InChI is InChI=1S/C13H13FN2O4S/c1-8-2-3-9(14)10(6-8)16-12(17)11-7-21(19,20)5-4-15(11)13(16)18/h2-3,6,11H,4-5,7H2,1H3. The van der Waals surface area contributed by atoms with E-state index in [1.54, 1.807) is 6.92 Å². The molecule has 2 fully saturated rings. The Morgan fingerprint density at radius 1 is 1.29 bits per heavy atom. The van der Waals surface area contributed by atoms with Gasteiger partial charge in [-0.05, 0) is 24.6 Å². The molecule has 8 heteroatoms. The van der Waals surface area contributed by atoms with Gasteiger partial charge < -0.3 is 4.90 Å². The Balaban J connectivity index is 2.04. The van der Waals surface area contributed by atoms with Gasteiger partial charge in [0.25, 0.3) is 5.91 Å². The molecule has 21 heavy (non-hydrogen) atoms. The molecule has 2 heterocycles. The maximum atomic E-state index is 13.9. The zero-order valence-electron chi connectivity index (χ0n) is 11.2. The average Bonchev–Trinajstić information content (AvgIpc) is 2.63. The van der Waals surface area contributed by atoms with Crippen molar-refractivity contribution in [1.82, 2.24) is 4.90 Å². The van der Waals surface area contributed by atoms with Crippen molar-refractivity contribution in [3.63, 3.8) is 0 Å². The molecule has 1 atom stereocenters. The van der Waals surface area contributed by atoms with Crippen LogP contribution < -0.4 is 4.90 Å². The molecule has 3 rings (SSSR count). The van der Waals surface area contributed by atoms with Crippen LogP contribution in [0, 0.1) is 12.7 Å². The zero-order chi connectivity index (χ0) is 15.4. The first-order valence-electron chi connectivity index (χ1n) is 6.41. The number of benzene rings is 1. The van der Waals surface area contributed by atoms with Crippen LogP contribution >= 0.6 is 0 Å². The molecule has 3 amide bonds. The normalized spacial score (nSPS) is 24.4. The molecule has 0 aliphatic carbocycles. The number of carbonyl (C=O) groups is 2. The quantitative estimate of drug-likeness (QED) is 0.715. The molecule has 112 valence electrons. The smallest absolute Gasteiger partial charge is 0.310 e. The third kappa shape index (κ3) is 2.19. The highest BCUT2D eigenvalue weighted by molar-refractivity contribution is 7.91. The number of hydrogen-bond acceptors (Lipinski definition) is 4. The van der Waals surface area contributed by atoms with Gasteiger partial charge in [0.05, 0.1) is 17.2 Å². The van der Waals surface area contributed by atoms with E-state index in [0.717, 1.165) is 4.90 Å². The molecule has 0 radical (unpaired) electrons. The van der Waals surface area contributed by atoms with E-state index >= 15 is 0 Å². The highest BCUT2D eigenvalue weighted by Gasteiger charge is 2.50. The van der Waals surface area contributed by atoms with Crippen LogP contribution in [0.1, 0.15) is 5.56 Å². The molecule has 1 unspecified atom stereocenters. The third-order valence-corrected chi connectivity index (χ3v) is 5.34. The van der Waals surface area contributed by atoms with E-state index in [1.165, 1.54) is 23.1 Å². The lowest BCUT2D eigenvalue weighted by atomic mass is 10.2. The Morgan fingerprint density at radius 2 is 2.00 bits per heavy atom. The summed E-state index contributed by atoms with van der Waals surface area (Å²) in [5, 5.41) is 0. The fourth-order valence-corrected chi connectivity index (χ4v) is 4.07. The van der Waals surface area contributed by atoms with Crippen LogP contribution in [0.3, 0.4) is 0 Å². The van der Waals surface area contributed by atoms with Crippen molar-refractivity contribution in [1.29, 1.82) is 0 Å². The first kappa shape index (κ1) is 14.0. The number of anilines is 1. The average molecular weight is 312 g/mol. The van der Waals surface area contributed by atoms with Gasteiger partial charge in [0.2, 0.25) is 0 Å². The van der Waals surface area contributed by atoms with Crippen molar-refractivity contribution in [2.75, 3.05) is 23.0 Å². The van der Waals surface area contributed by atoms with E-state index in [4.69, 9.17) is 0 Å². The Hall–Kier alpha value is -1.96. The van der Waals surface area contributed by atoms with Gasteiger partial charge in [-0.1, -0.05) is 6.07 Å². The van der Waals surface area contributed by atoms with Crippen molar-refractivity contribution in [3.05, 3.63) is 29.6 Å². The SMILES string of the molecule is Cc1ccc(F)c(N2C(=O)C3CS(=O)(=O)CCN3C2=O)c1. The number of hydrogen-bond donors (Lipinski definition) is 0. The monoisotopic (exact) mass is 312 g/mol. The fraction of sp³-hybridized carbons (Fsp3) is 0.385. The Morgan fingerprint density at radius 3 is 2.71 bits per heavy atom. The maximum absolute atomic E-state index is 13.9. The molecule has 0 spiro atoms. The van der Waals surface area contributed by atoms with Crippen LogP contribution in [-0.2, 0) is 14.6 Å². The van der Waals surface area contributed by atoms with E-state index in [-0.39, 0.29) is 18.0 Å². The Kier molecular flexibility index (Phi) is 3.01. The number of amides is 3. The van der Waals surface area contributed by atoms with Gasteiger partial charge in [-0.2, -0.15) is 0 Å². The van der Waals surface area contributed by atoms with E-state index in [9.17, 15) is 22.4 Å². The van der Waals surface area contributed by atoms with E-state index in [1.807, 2.05) is 0 Å². The molecule has 2 saturated heterocycles. The summed E-state index contributed by atoms with van der Waals surface area (Å²) in [6, 6.07) is 2.40. The summed E-state index contributed by atoms with van der Waals surface area (Å²) in [6.07, 6.45) is 0. The predicted molar refractivity (Wildman–Crippen MR) is 73.2 cm³/mol. The second-order valence-corrected chi connectivity index (χ2v) is 7.46. The van der Waals surface area contributed by atoms with Crippen molar-refractivity contribution in [2.24, 2.45) is 0 Å². The molecule has 0 bridgehead atoms. The number of urea groups is 1. The minimum Gasteiger partial charge on any atom is -0.310 e. The first-order valence-corrected chi connectivity index (χ1v) is 8.23. The lowest BCUT2D eigenvalue weighted by Crippen LogP contribution is -2.48. The minimum atomic E-state index is -3.35. The molecule has 2 aliphatic rings. The van der Waals surface area contributed by atoms with Gasteiger partial charge in [-0.15, -0.1) is 0 Å². The summed E-state index contributed by atoms with van der Waals surface area (Å²) in [4.78, 5) is 26.6. The third-order valence-electron chi connectivity index (χ3n) is 3.72. The van der Waals surface area contributed by atoms with Crippen LogP contribution in [0.5, 0.6) is 0 Å². The van der Waals surface area contributed by atoms with E-state index < -0.39 is 39.4 Å². The molecule has 1 aromatic rings. The fourth-order valence-electron chi connectivity index (χ4n) is 2.63. The van der Waals surface area contributed by atoms with Crippen molar-refractivity contribution in [2.45, 2.75) is 13.0 Å². The highest BCUT2D eigenvalue weighted by atomic mass is 32.2. The van der Waals surface area contributed by atoms with Gasteiger partial charge >= 0.3 is 6.03 Å². The number of halogens is 1. The molecule has 0 aromatic heterocycles. The molecule has 2 aliphatic heterocycles. The second-order valence-electron chi connectivity index (χ2n) is 5.23. The summed E-state index contributed by atoms with van der Waals surface area (Å²) in [6.45, 7) is 1.67. The number of sulfone groups is 1. The molecule has 6 nitrogen and oxygen atoms in total. The van der Waals surface area contributed by atoms with Crippen LogP contribution in [0.25, 0.3) is 0 Å². The van der Waals surface area contributed by atoms with E-state index in [2.05, 4.69) is 0 Å². The molecule has 0 saturated carbocycles. The van der Waals surface area contributed by atoms with Crippen LogP contribution in [-0.4, -0.2) is 49.3 Å². The van der Waals surface area contributed by atoms with E-state index in [0.29, 0.717) is 5.56 Å². The van der Waals surface area contributed by atoms with Gasteiger partial charge in [-0.3, -0.25) is 4.79 Å². The first-order chi connectivity index (χ1) is 9.80. The lowest BCUT2D eigenvalue weighted by Gasteiger charge is -2.26. The van der Waals surface area contributed by atoms with Gasteiger partial charge in [0.15, 0.2) is 9.84 Å². The topological polar surface area (TPSA) is 74.8 Å².